The van der Waals surface area contributed by atoms with Gasteiger partial charge in [0.15, 0.2) is 6.04 Å². The predicted molar refractivity (Wildman–Crippen MR) is 119 cm³/mol. The maximum Gasteiger partial charge on any atom is 0.280 e. The largest absolute Gasteiger partial charge is 0.361 e. The van der Waals surface area contributed by atoms with Crippen LogP contribution in [0.5, 0.6) is 0 Å². The second-order valence-electron chi connectivity index (χ2n) is 8.05. The van der Waals surface area contributed by atoms with Crippen molar-refractivity contribution in [2.24, 2.45) is 0 Å². The highest BCUT2D eigenvalue weighted by molar-refractivity contribution is 7.10. The van der Waals surface area contributed by atoms with Crippen molar-refractivity contribution in [2.75, 3.05) is 39.3 Å². The quantitative estimate of drug-likeness (QED) is 0.534. The lowest BCUT2D eigenvalue weighted by atomic mass is 9.96. The van der Waals surface area contributed by atoms with Gasteiger partial charge in [0, 0.05) is 22.0 Å². The number of aromatic amines is 1. The van der Waals surface area contributed by atoms with Crippen LogP contribution in [0.3, 0.4) is 0 Å². The molecule has 1 fully saturated rings. The van der Waals surface area contributed by atoms with Crippen LogP contribution in [-0.2, 0) is 4.79 Å². The molecule has 154 valence electrons. The monoisotopic (exact) mass is 412 g/mol. The van der Waals surface area contributed by atoms with Crippen molar-refractivity contribution < 1.29 is 15.0 Å². The molecule has 4 N–H and O–H groups in total. The number of piperazine rings is 1. The molecule has 0 spiro atoms. The van der Waals surface area contributed by atoms with Crippen molar-refractivity contribution in [1.29, 1.82) is 0 Å². The van der Waals surface area contributed by atoms with Crippen LogP contribution in [0.2, 0.25) is 0 Å². The van der Waals surface area contributed by atoms with E-state index in [1.54, 1.807) is 16.2 Å². The molecule has 1 aliphatic heterocycles. The maximum absolute atomic E-state index is 13.0. The van der Waals surface area contributed by atoms with E-state index < -0.39 is 0 Å². The number of hydrogen-bond acceptors (Lipinski definition) is 2. The van der Waals surface area contributed by atoms with Crippen LogP contribution in [0.25, 0.3) is 10.9 Å². The molecule has 2 atom stereocenters. The molecule has 4 rings (SSSR count). The van der Waals surface area contributed by atoms with Gasteiger partial charge in [0.05, 0.1) is 45.2 Å². The number of amides is 1. The highest BCUT2D eigenvalue weighted by Crippen LogP contribution is 2.32. The highest BCUT2D eigenvalue weighted by Gasteiger charge is 2.29. The lowest BCUT2D eigenvalue weighted by molar-refractivity contribution is -0.902. The molecule has 29 heavy (non-hydrogen) atoms. The number of nitrogens with two attached hydrogens (primary N) is 1. The van der Waals surface area contributed by atoms with Gasteiger partial charge in [0.25, 0.3) is 5.91 Å². The molecule has 0 saturated carbocycles. The molecule has 1 saturated heterocycles. The number of para-hydroxylation sites is 1. The number of thiophene rings is 1. The molecule has 0 bridgehead atoms. The van der Waals surface area contributed by atoms with Gasteiger partial charge in [-0.3, -0.25) is 4.79 Å². The van der Waals surface area contributed by atoms with Crippen molar-refractivity contribution in [3.05, 3.63) is 58.4 Å². The minimum absolute atomic E-state index is 0.0501. The van der Waals surface area contributed by atoms with Gasteiger partial charge in [0.1, 0.15) is 0 Å². The molecule has 0 radical (unpaired) electrons. The number of rotatable bonds is 7. The van der Waals surface area contributed by atoms with Crippen molar-refractivity contribution >= 4 is 28.1 Å². The minimum Gasteiger partial charge on any atom is -0.361 e. The Kier molecular flexibility index (Phi) is 6.33. The molecule has 6 heteroatoms. The Morgan fingerprint density at radius 3 is 2.76 bits per heavy atom. The molecule has 0 aliphatic carbocycles. The number of quaternary nitrogens is 2. The molecule has 2 aromatic heterocycles. The van der Waals surface area contributed by atoms with Gasteiger partial charge in [-0.2, -0.15) is 0 Å². The Labute approximate surface area is 176 Å². The summed E-state index contributed by atoms with van der Waals surface area (Å²) in [4.78, 5) is 21.4. The molecule has 5 nitrogen and oxygen atoms in total. The summed E-state index contributed by atoms with van der Waals surface area (Å²) >= 11 is 1.80. The molecular weight excluding hydrogens is 380 g/mol. The third kappa shape index (κ3) is 4.39. The Bertz CT molecular complexity index is 927. The highest BCUT2D eigenvalue weighted by atomic mass is 32.1. The van der Waals surface area contributed by atoms with E-state index in [0.717, 1.165) is 39.3 Å². The van der Waals surface area contributed by atoms with Crippen molar-refractivity contribution in [1.82, 2.24) is 9.88 Å². The Morgan fingerprint density at radius 1 is 1.24 bits per heavy atom. The van der Waals surface area contributed by atoms with Crippen LogP contribution in [0.1, 0.15) is 30.2 Å². The fourth-order valence-corrected chi connectivity index (χ4v) is 5.25. The molecular formula is C23H32N4OS+2. The zero-order valence-electron chi connectivity index (χ0n) is 17.4. The van der Waals surface area contributed by atoms with Gasteiger partial charge in [-0.15, -0.1) is 11.3 Å². The van der Waals surface area contributed by atoms with E-state index >= 15 is 0 Å². The van der Waals surface area contributed by atoms with E-state index in [-0.39, 0.29) is 17.9 Å². The molecule has 1 aliphatic rings. The number of fused-ring (bicyclic) bond motifs is 1. The van der Waals surface area contributed by atoms with Crippen molar-refractivity contribution in [3.63, 3.8) is 0 Å². The van der Waals surface area contributed by atoms with E-state index in [1.807, 2.05) is 0 Å². The van der Waals surface area contributed by atoms with E-state index in [2.05, 4.69) is 77.0 Å². The van der Waals surface area contributed by atoms with Gasteiger partial charge >= 0.3 is 0 Å². The van der Waals surface area contributed by atoms with Gasteiger partial charge in [-0.05, 0) is 36.9 Å². The predicted octanol–water partition coefficient (Wildman–Crippen LogP) is 1.06. The third-order valence-electron chi connectivity index (χ3n) is 6.28. The van der Waals surface area contributed by atoms with Gasteiger partial charge in [-0.1, -0.05) is 24.3 Å². The summed E-state index contributed by atoms with van der Waals surface area (Å²) in [6, 6.07) is 12.8. The second kappa shape index (κ2) is 9.11. The Hall–Kier alpha value is -2.15. The molecule has 1 aromatic carbocycles. The summed E-state index contributed by atoms with van der Waals surface area (Å²) in [6.45, 7) is 10.2. The summed E-state index contributed by atoms with van der Waals surface area (Å²) in [5.74, 6) is 0.562. The Morgan fingerprint density at radius 2 is 2.03 bits per heavy atom. The standard InChI is InChI=1S/C23H30N4OS/c1-3-26-10-12-27(13-11-26)23(28)17(2)24-16-20(22-9-6-14-29-22)19-15-25-21-8-5-4-7-18(19)21/h4-9,14-15,17,20,24-25H,3,10-13,16H2,1-2H3/p+2/t17-,20+/m1/s1. The van der Waals surface area contributed by atoms with Gasteiger partial charge < -0.3 is 20.1 Å². The number of carbonyl (C=O) groups excluding carboxylic acids is 1. The first-order valence-corrected chi connectivity index (χ1v) is 11.6. The molecule has 3 aromatic rings. The maximum atomic E-state index is 13.0. The van der Waals surface area contributed by atoms with Crippen LogP contribution in [0, 0.1) is 0 Å². The van der Waals surface area contributed by atoms with Crippen LogP contribution in [0.4, 0.5) is 0 Å². The summed E-state index contributed by atoms with van der Waals surface area (Å²) < 4.78 is 0. The van der Waals surface area contributed by atoms with E-state index in [4.69, 9.17) is 0 Å². The topological polar surface area (TPSA) is 57.1 Å². The fourth-order valence-electron chi connectivity index (χ4n) is 4.39. The SMILES string of the molecule is CC[NH+]1CCN(C(=O)[C@@H](C)[NH2+]C[C@H](c2cccs2)c2c[nH]c3ccccc23)CC1. The number of nitrogens with one attached hydrogen (secondary N) is 2. The summed E-state index contributed by atoms with van der Waals surface area (Å²) in [7, 11) is 0. The second-order valence-corrected chi connectivity index (χ2v) is 9.03. The van der Waals surface area contributed by atoms with Crippen LogP contribution >= 0.6 is 11.3 Å². The average Bonchev–Trinajstić information content (AvgIpc) is 3.44. The number of benzene rings is 1. The first-order valence-electron chi connectivity index (χ1n) is 10.7. The molecule has 1 amide bonds. The zero-order chi connectivity index (χ0) is 20.2. The number of nitrogens with zero attached hydrogens (tertiary/aromatic N) is 1. The van der Waals surface area contributed by atoms with Crippen molar-refractivity contribution in [2.45, 2.75) is 25.8 Å². The smallest absolute Gasteiger partial charge is 0.280 e. The number of likely N-dealkylation sites (N-methyl/N-ethyl adjacent to an activating group) is 1. The molecule has 3 heterocycles. The van der Waals surface area contributed by atoms with Crippen LogP contribution in [0.15, 0.2) is 48.0 Å². The number of hydrogen-bond donors (Lipinski definition) is 3. The normalized spacial score (nSPS) is 17.5. The fraction of sp³-hybridized carbons (Fsp3) is 0.435. The van der Waals surface area contributed by atoms with Crippen LogP contribution in [-0.4, -0.2) is 61.1 Å². The number of aromatic nitrogens is 1. The van der Waals surface area contributed by atoms with E-state index in [0.29, 0.717) is 0 Å². The van der Waals surface area contributed by atoms with Gasteiger partial charge in [0.2, 0.25) is 0 Å². The minimum atomic E-state index is -0.0501. The number of H-pyrrole nitrogens is 1. The zero-order valence-corrected chi connectivity index (χ0v) is 18.2. The van der Waals surface area contributed by atoms with Crippen molar-refractivity contribution in [3.8, 4) is 0 Å². The first-order chi connectivity index (χ1) is 14.2. The van der Waals surface area contributed by atoms with Crippen LogP contribution < -0.4 is 10.2 Å². The lowest BCUT2D eigenvalue weighted by Crippen LogP contribution is -3.14. The van der Waals surface area contributed by atoms with E-state index in [9.17, 15) is 4.79 Å². The summed E-state index contributed by atoms with van der Waals surface area (Å²) in [5.41, 5.74) is 2.49. The Balaban J connectivity index is 1.46. The lowest BCUT2D eigenvalue weighted by Gasteiger charge is -2.32. The molecule has 0 unspecified atom stereocenters. The number of carbonyl (C=O) groups is 1. The summed E-state index contributed by atoms with van der Waals surface area (Å²) in [6.07, 6.45) is 2.14. The van der Waals surface area contributed by atoms with Gasteiger partial charge in [-0.25, -0.2) is 0 Å². The average molecular weight is 413 g/mol. The van der Waals surface area contributed by atoms with E-state index in [1.165, 1.54) is 21.3 Å². The third-order valence-corrected chi connectivity index (χ3v) is 7.27. The summed E-state index contributed by atoms with van der Waals surface area (Å²) in [5, 5.41) is 5.64. The first kappa shape index (κ1) is 20.1.